The van der Waals surface area contributed by atoms with Crippen molar-refractivity contribution in [2.24, 2.45) is 11.8 Å². The average Bonchev–Trinajstić information content (AvgIpc) is 2.49. The van der Waals surface area contributed by atoms with E-state index in [9.17, 15) is 4.79 Å². The van der Waals surface area contributed by atoms with Crippen LogP contribution in [0.25, 0.3) is 0 Å². The van der Waals surface area contributed by atoms with E-state index in [0.29, 0.717) is 11.7 Å². The molecule has 0 heterocycles. The highest BCUT2D eigenvalue weighted by Gasteiger charge is 2.23. The Hall–Kier alpha value is -0.410. The maximum atomic E-state index is 12.9. The molecule has 1 aliphatic carbocycles. The molecule has 0 N–H and O–H groups in total. The molecule has 1 fully saturated rings. The number of rotatable bonds is 4. The largest absolute Gasteiger partial charge is 0.309 e. The molecule has 0 aromatic carbocycles. The molecule has 0 saturated heterocycles. The molecule has 0 bridgehead atoms. The summed E-state index contributed by atoms with van der Waals surface area (Å²) in [4.78, 5) is 17.4. The van der Waals surface area contributed by atoms with Gasteiger partial charge in [0.25, 0.3) is 0 Å². The molecule has 24 heavy (non-hydrogen) atoms. The third-order valence-corrected chi connectivity index (χ3v) is 5.32. The SMILES string of the molecule is CN(C)CC1CCCCCCCCCCCC(CN(C)C)C(=O)C1. The van der Waals surface area contributed by atoms with Gasteiger partial charge in [-0.3, -0.25) is 4.79 Å². The quantitative estimate of drug-likeness (QED) is 0.748. The predicted molar refractivity (Wildman–Crippen MR) is 104 cm³/mol. The van der Waals surface area contributed by atoms with Gasteiger partial charge in [0.1, 0.15) is 5.78 Å². The van der Waals surface area contributed by atoms with Gasteiger partial charge in [-0.25, -0.2) is 0 Å². The molecule has 1 aliphatic rings. The van der Waals surface area contributed by atoms with Crippen LogP contribution in [0.1, 0.15) is 77.0 Å². The summed E-state index contributed by atoms with van der Waals surface area (Å²) in [6, 6.07) is 0. The summed E-state index contributed by atoms with van der Waals surface area (Å²) in [7, 11) is 8.47. The number of hydrogen-bond acceptors (Lipinski definition) is 3. The first-order valence-corrected chi connectivity index (χ1v) is 10.3. The number of carbonyl (C=O) groups excluding carboxylic acids is 1. The lowest BCUT2D eigenvalue weighted by Gasteiger charge is -2.25. The second-order valence-electron chi connectivity index (χ2n) is 8.52. The average molecular weight is 339 g/mol. The van der Waals surface area contributed by atoms with Gasteiger partial charge in [-0.1, -0.05) is 57.8 Å². The molecule has 2 atom stereocenters. The summed E-state index contributed by atoms with van der Waals surface area (Å²) >= 11 is 0. The van der Waals surface area contributed by atoms with Crippen LogP contribution in [0.4, 0.5) is 0 Å². The van der Waals surface area contributed by atoms with Crippen LogP contribution < -0.4 is 0 Å². The molecule has 3 nitrogen and oxygen atoms in total. The molecular weight excluding hydrogens is 296 g/mol. The number of carbonyl (C=O) groups is 1. The van der Waals surface area contributed by atoms with Crippen LogP contribution in [0, 0.1) is 11.8 Å². The summed E-state index contributed by atoms with van der Waals surface area (Å²) in [5, 5.41) is 0. The summed E-state index contributed by atoms with van der Waals surface area (Å²) in [6.07, 6.45) is 15.2. The maximum Gasteiger partial charge on any atom is 0.137 e. The third-order valence-electron chi connectivity index (χ3n) is 5.32. The molecule has 0 radical (unpaired) electrons. The fourth-order valence-corrected chi connectivity index (χ4v) is 4.08. The van der Waals surface area contributed by atoms with Crippen LogP contribution in [0.15, 0.2) is 0 Å². The second-order valence-corrected chi connectivity index (χ2v) is 8.52. The molecule has 142 valence electrons. The minimum absolute atomic E-state index is 0.245. The van der Waals surface area contributed by atoms with E-state index in [4.69, 9.17) is 0 Å². The summed E-state index contributed by atoms with van der Waals surface area (Å²) in [5.41, 5.74) is 0. The Kier molecular flexibility index (Phi) is 11.6. The zero-order chi connectivity index (χ0) is 17.8. The molecule has 0 amide bonds. The normalized spacial score (nSPS) is 26.3. The molecule has 1 rings (SSSR count). The van der Waals surface area contributed by atoms with Crippen LogP contribution in [-0.4, -0.2) is 56.9 Å². The van der Waals surface area contributed by atoms with E-state index in [0.717, 1.165) is 25.9 Å². The Balaban J connectivity index is 2.66. The van der Waals surface area contributed by atoms with E-state index in [2.05, 4.69) is 38.0 Å². The van der Waals surface area contributed by atoms with E-state index in [-0.39, 0.29) is 5.92 Å². The highest BCUT2D eigenvalue weighted by atomic mass is 16.1. The van der Waals surface area contributed by atoms with Crippen molar-refractivity contribution in [3.05, 3.63) is 0 Å². The van der Waals surface area contributed by atoms with E-state index in [1.54, 1.807) is 0 Å². The van der Waals surface area contributed by atoms with Gasteiger partial charge in [-0.15, -0.1) is 0 Å². The van der Waals surface area contributed by atoms with Crippen molar-refractivity contribution in [3.63, 3.8) is 0 Å². The van der Waals surface area contributed by atoms with Gasteiger partial charge in [-0.05, 0) is 47.0 Å². The summed E-state index contributed by atoms with van der Waals surface area (Å²) < 4.78 is 0. The number of ketones is 1. The highest BCUT2D eigenvalue weighted by molar-refractivity contribution is 5.81. The Labute approximate surface area is 151 Å². The first kappa shape index (κ1) is 21.6. The van der Waals surface area contributed by atoms with Crippen molar-refractivity contribution in [1.82, 2.24) is 9.80 Å². The Morgan fingerprint density at radius 3 is 1.67 bits per heavy atom. The van der Waals surface area contributed by atoms with Crippen LogP contribution in [0.2, 0.25) is 0 Å². The summed E-state index contributed by atoms with van der Waals surface area (Å²) in [6.45, 7) is 1.98. The standard InChI is InChI=1S/C21H42N2O/c1-22(2)17-19-14-12-10-8-6-5-7-9-11-13-15-20(18-23(3)4)21(24)16-19/h19-20H,5-18H2,1-4H3. The monoisotopic (exact) mass is 338 g/mol. The number of hydrogen-bond donors (Lipinski definition) is 0. The fraction of sp³-hybridized carbons (Fsp3) is 0.952. The third kappa shape index (κ3) is 10.5. The lowest BCUT2D eigenvalue weighted by molar-refractivity contribution is -0.124. The lowest BCUT2D eigenvalue weighted by atomic mass is 9.87. The Bertz CT molecular complexity index is 328. The van der Waals surface area contributed by atoms with Crippen molar-refractivity contribution >= 4 is 5.78 Å². The van der Waals surface area contributed by atoms with E-state index in [1.165, 1.54) is 64.2 Å². The molecular formula is C21H42N2O. The van der Waals surface area contributed by atoms with Crippen molar-refractivity contribution in [2.75, 3.05) is 41.3 Å². The predicted octanol–water partition coefficient (Wildman–Crippen LogP) is 4.61. The van der Waals surface area contributed by atoms with Crippen molar-refractivity contribution in [3.8, 4) is 0 Å². The van der Waals surface area contributed by atoms with Gasteiger partial charge in [0, 0.05) is 25.4 Å². The van der Waals surface area contributed by atoms with Gasteiger partial charge >= 0.3 is 0 Å². The fourth-order valence-electron chi connectivity index (χ4n) is 4.08. The van der Waals surface area contributed by atoms with Gasteiger partial charge in [0.05, 0.1) is 0 Å². The van der Waals surface area contributed by atoms with Crippen LogP contribution in [0.5, 0.6) is 0 Å². The molecule has 1 saturated carbocycles. The number of Topliss-reactive ketones (excluding diaryl/α,β-unsaturated/α-hetero) is 1. The van der Waals surface area contributed by atoms with Crippen molar-refractivity contribution in [2.45, 2.75) is 77.0 Å². The van der Waals surface area contributed by atoms with Crippen molar-refractivity contribution in [1.29, 1.82) is 0 Å². The molecule has 0 spiro atoms. The van der Waals surface area contributed by atoms with Crippen LogP contribution in [-0.2, 0) is 4.79 Å². The smallest absolute Gasteiger partial charge is 0.137 e. The van der Waals surface area contributed by atoms with Crippen LogP contribution >= 0.6 is 0 Å². The molecule has 0 aromatic heterocycles. The highest BCUT2D eigenvalue weighted by Crippen LogP contribution is 2.22. The Morgan fingerprint density at radius 2 is 1.17 bits per heavy atom. The Morgan fingerprint density at radius 1 is 0.708 bits per heavy atom. The molecule has 0 aromatic rings. The van der Waals surface area contributed by atoms with E-state index in [1.807, 2.05) is 0 Å². The second kappa shape index (κ2) is 12.9. The van der Waals surface area contributed by atoms with Crippen molar-refractivity contribution < 1.29 is 4.79 Å². The van der Waals surface area contributed by atoms with E-state index >= 15 is 0 Å². The summed E-state index contributed by atoms with van der Waals surface area (Å²) in [5.74, 6) is 1.31. The molecule has 0 aliphatic heterocycles. The van der Waals surface area contributed by atoms with Gasteiger partial charge in [0.2, 0.25) is 0 Å². The first-order valence-electron chi connectivity index (χ1n) is 10.3. The number of nitrogens with zero attached hydrogens (tertiary/aromatic N) is 2. The van der Waals surface area contributed by atoms with Gasteiger partial charge in [-0.2, -0.15) is 0 Å². The minimum atomic E-state index is 0.245. The molecule has 2 unspecified atom stereocenters. The zero-order valence-corrected chi connectivity index (χ0v) is 16.9. The van der Waals surface area contributed by atoms with E-state index < -0.39 is 0 Å². The minimum Gasteiger partial charge on any atom is -0.309 e. The topological polar surface area (TPSA) is 23.6 Å². The zero-order valence-electron chi connectivity index (χ0n) is 16.9. The maximum absolute atomic E-state index is 12.9. The lowest BCUT2D eigenvalue weighted by Crippen LogP contribution is -2.31. The van der Waals surface area contributed by atoms with Crippen LogP contribution in [0.3, 0.4) is 0 Å². The van der Waals surface area contributed by atoms with Gasteiger partial charge < -0.3 is 9.80 Å². The first-order chi connectivity index (χ1) is 11.5. The van der Waals surface area contributed by atoms with Gasteiger partial charge in [0.15, 0.2) is 0 Å². The molecule has 3 heteroatoms.